The van der Waals surface area contributed by atoms with E-state index in [0.29, 0.717) is 22.2 Å². The number of amides is 2. The molecule has 2 N–H and O–H groups in total. The van der Waals surface area contributed by atoms with Crippen LogP contribution in [0.25, 0.3) is 0 Å². The van der Waals surface area contributed by atoms with Gasteiger partial charge in [-0.05, 0) is 23.8 Å². The van der Waals surface area contributed by atoms with Crippen molar-refractivity contribution >= 4 is 35.0 Å². The van der Waals surface area contributed by atoms with Gasteiger partial charge in [-0.25, -0.2) is 0 Å². The number of hydrogen-bond acceptors (Lipinski definition) is 2. The first-order chi connectivity index (χ1) is 11.0. The Morgan fingerprint density at radius 2 is 1.61 bits per heavy atom. The van der Waals surface area contributed by atoms with Crippen LogP contribution in [0.4, 0.5) is 0 Å². The van der Waals surface area contributed by atoms with E-state index in [1.165, 1.54) is 0 Å². The Morgan fingerprint density at radius 1 is 1.00 bits per heavy atom. The van der Waals surface area contributed by atoms with Crippen LogP contribution < -0.4 is 5.73 Å². The van der Waals surface area contributed by atoms with E-state index < -0.39 is 5.91 Å². The molecule has 0 unspecified atom stereocenters. The molecule has 2 aromatic carbocycles. The molecule has 0 aliphatic rings. The number of rotatable bonds is 6. The van der Waals surface area contributed by atoms with E-state index in [0.717, 1.165) is 5.56 Å². The smallest absolute Gasteiger partial charge is 0.254 e. The summed E-state index contributed by atoms with van der Waals surface area (Å²) >= 11 is 11.9. The molecule has 0 heterocycles. The summed E-state index contributed by atoms with van der Waals surface area (Å²) in [5.74, 6) is -0.709. The quantitative estimate of drug-likeness (QED) is 0.866. The molecule has 0 atom stereocenters. The Balaban J connectivity index is 2.24. The predicted molar refractivity (Wildman–Crippen MR) is 91.5 cm³/mol. The largest absolute Gasteiger partial charge is 0.370 e. The van der Waals surface area contributed by atoms with Crippen molar-refractivity contribution in [2.45, 2.75) is 13.0 Å². The van der Waals surface area contributed by atoms with Crippen molar-refractivity contribution in [1.29, 1.82) is 0 Å². The van der Waals surface area contributed by atoms with Crippen molar-refractivity contribution in [3.05, 3.63) is 69.7 Å². The van der Waals surface area contributed by atoms with E-state index in [2.05, 4.69) is 0 Å². The van der Waals surface area contributed by atoms with Crippen molar-refractivity contribution < 1.29 is 9.59 Å². The standard InChI is InChI=1S/C17H16Cl2N2O2/c18-14-8-13(9-15(19)10-14)17(23)21(7-6-16(20)22)11-12-4-2-1-3-5-12/h1-5,8-10H,6-7,11H2,(H2,20,22). The third kappa shape index (κ3) is 5.27. The van der Waals surface area contributed by atoms with Gasteiger partial charge in [-0.1, -0.05) is 53.5 Å². The van der Waals surface area contributed by atoms with Gasteiger partial charge in [0.1, 0.15) is 0 Å². The molecular formula is C17H16Cl2N2O2. The Morgan fingerprint density at radius 3 is 2.17 bits per heavy atom. The molecular weight excluding hydrogens is 335 g/mol. The average Bonchev–Trinajstić information content (AvgIpc) is 2.50. The third-order valence-corrected chi connectivity index (χ3v) is 3.68. The van der Waals surface area contributed by atoms with Crippen molar-refractivity contribution in [3.8, 4) is 0 Å². The van der Waals surface area contributed by atoms with Crippen LogP contribution in [-0.4, -0.2) is 23.3 Å². The number of primary amides is 1. The molecule has 0 aliphatic carbocycles. The molecule has 2 aromatic rings. The van der Waals surface area contributed by atoms with Crippen LogP contribution in [0.2, 0.25) is 10.0 Å². The zero-order valence-electron chi connectivity index (χ0n) is 12.3. The maximum absolute atomic E-state index is 12.7. The summed E-state index contributed by atoms with van der Waals surface area (Å²) in [4.78, 5) is 25.3. The maximum Gasteiger partial charge on any atom is 0.254 e. The summed E-state index contributed by atoms with van der Waals surface area (Å²) in [5.41, 5.74) is 6.54. The lowest BCUT2D eigenvalue weighted by Crippen LogP contribution is -2.33. The molecule has 120 valence electrons. The molecule has 0 bridgehead atoms. The minimum Gasteiger partial charge on any atom is -0.370 e. The lowest BCUT2D eigenvalue weighted by molar-refractivity contribution is -0.118. The summed E-state index contributed by atoms with van der Waals surface area (Å²) in [6.45, 7) is 0.601. The summed E-state index contributed by atoms with van der Waals surface area (Å²) in [6, 6.07) is 14.2. The monoisotopic (exact) mass is 350 g/mol. The van der Waals surface area contributed by atoms with Gasteiger partial charge in [-0.2, -0.15) is 0 Å². The lowest BCUT2D eigenvalue weighted by Gasteiger charge is -2.22. The minimum atomic E-state index is -0.458. The Hall–Kier alpha value is -2.04. The number of halogens is 2. The van der Waals surface area contributed by atoms with E-state index in [1.54, 1.807) is 23.1 Å². The van der Waals surface area contributed by atoms with Gasteiger partial charge in [-0.15, -0.1) is 0 Å². The third-order valence-electron chi connectivity index (χ3n) is 3.24. The van der Waals surface area contributed by atoms with Gasteiger partial charge in [0.05, 0.1) is 0 Å². The van der Waals surface area contributed by atoms with E-state index in [9.17, 15) is 9.59 Å². The van der Waals surface area contributed by atoms with Gasteiger partial charge < -0.3 is 10.6 Å². The first kappa shape index (κ1) is 17.3. The fourth-order valence-electron chi connectivity index (χ4n) is 2.16. The highest BCUT2D eigenvalue weighted by Crippen LogP contribution is 2.21. The van der Waals surface area contributed by atoms with Gasteiger partial charge in [0, 0.05) is 35.1 Å². The topological polar surface area (TPSA) is 63.4 Å². The summed E-state index contributed by atoms with van der Waals surface area (Å²) < 4.78 is 0. The van der Waals surface area contributed by atoms with Gasteiger partial charge >= 0.3 is 0 Å². The Bertz CT molecular complexity index is 685. The normalized spacial score (nSPS) is 10.3. The highest BCUT2D eigenvalue weighted by molar-refractivity contribution is 6.35. The number of benzene rings is 2. The molecule has 2 rings (SSSR count). The van der Waals surface area contributed by atoms with E-state index in [-0.39, 0.29) is 18.9 Å². The molecule has 0 aliphatic heterocycles. The highest BCUT2D eigenvalue weighted by atomic mass is 35.5. The predicted octanol–water partition coefficient (Wildman–Crippen LogP) is 3.51. The Labute approximate surface area is 144 Å². The molecule has 2 amide bonds. The summed E-state index contributed by atoms with van der Waals surface area (Å²) in [5, 5.41) is 0.769. The number of nitrogens with zero attached hydrogens (tertiary/aromatic N) is 1. The number of carbonyl (C=O) groups is 2. The molecule has 0 saturated heterocycles. The molecule has 6 heteroatoms. The van der Waals surface area contributed by atoms with E-state index >= 15 is 0 Å². The van der Waals surface area contributed by atoms with Crippen LogP contribution in [0.15, 0.2) is 48.5 Å². The van der Waals surface area contributed by atoms with Crippen molar-refractivity contribution in [3.63, 3.8) is 0 Å². The summed E-state index contributed by atoms with van der Waals surface area (Å²) in [6.07, 6.45) is 0.0902. The van der Waals surface area contributed by atoms with Gasteiger partial charge in [-0.3, -0.25) is 9.59 Å². The first-order valence-electron chi connectivity index (χ1n) is 7.03. The number of carbonyl (C=O) groups excluding carboxylic acids is 2. The van der Waals surface area contributed by atoms with Crippen LogP contribution in [0.5, 0.6) is 0 Å². The van der Waals surface area contributed by atoms with Crippen LogP contribution in [0.1, 0.15) is 22.3 Å². The highest BCUT2D eigenvalue weighted by Gasteiger charge is 2.18. The fourth-order valence-corrected chi connectivity index (χ4v) is 2.69. The van der Waals surface area contributed by atoms with Crippen molar-refractivity contribution in [2.24, 2.45) is 5.73 Å². The summed E-state index contributed by atoms with van der Waals surface area (Å²) in [7, 11) is 0. The SMILES string of the molecule is NC(=O)CCN(Cc1ccccc1)C(=O)c1cc(Cl)cc(Cl)c1. The first-order valence-corrected chi connectivity index (χ1v) is 7.79. The van der Waals surface area contributed by atoms with Crippen molar-refractivity contribution in [2.75, 3.05) is 6.54 Å². The van der Waals surface area contributed by atoms with Gasteiger partial charge in [0.15, 0.2) is 0 Å². The molecule has 0 aromatic heterocycles. The molecule has 0 radical (unpaired) electrons. The number of hydrogen-bond donors (Lipinski definition) is 1. The second kappa shape index (κ2) is 7.99. The van der Waals surface area contributed by atoms with Gasteiger partial charge in [0.2, 0.25) is 5.91 Å². The zero-order chi connectivity index (χ0) is 16.8. The second-order valence-electron chi connectivity index (χ2n) is 5.09. The van der Waals surface area contributed by atoms with Crippen molar-refractivity contribution in [1.82, 2.24) is 4.90 Å². The zero-order valence-corrected chi connectivity index (χ0v) is 13.8. The number of nitrogens with two attached hydrogens (primary N) is 1. The Kier molecular flexibility index (Phi) is 6.02. The van der Waals surface area contributed by atoms with Crippen LogP contribution >= 0.6 is 23.2 Å². The molecule has 23 heavy (non-hydrogen) atoms. The maximum atomic E-state index is 12.7. The molecule has 4 nitrogen and oxygen atoms in total. The van der Waals surface area contributed by atoms with Crippen LogP contribution in [0, 0.1) is 0 Å². The molecule has 0 saturated carbocycles. The lowest BCUT2D eigenvalue weighted by atomic mass is 10.1. The fraction of sp³-hybridized carbons (Fsp3) is 0.176. The second-order valence-corrected chi connectivity index (χ2v) is 5.96. The molecule has 0 fully saturated rings. The van der Waals surface area contributed by atoms with Crippen LogP contribution in [-0.2, 0) is 11.3 Å². The van der Waals surface area contributed by atoms with Crippen LogP contribution in [0.3, 0.4) is 0 Å². The van der Waals surface area contributed by atoms with E-state index in [1.807, 2.05) is 30.3 Å². The average molecular weight is 351 g/mol. The molecule has 0 spiro atoms. The minimum absolute atomic E-state index is 0.0902. The van der Waals surface area contributed by atoms with Gasteiger partial charge in [0.25, 0.3) is 5.91 Å². The van der Waals surface area contributed by atoms with E-state index in [4.69, 9.17) is 28.9 Å².